The molecule has 7 heteroatoms. The fourth-order valence-corrected chi connectivity index (χ4v) is 0.879. The Morgan fingerprint density at radius 3 is 1.55 bits per heavy atom. The van der Waals surface area contributed by atoms with Crippen LogP contribution < -0.4 is 0 Å². The minimum absolute atomic E-state index is 1.48. The van der Waals surface area contributed by atoms with Crippen LogP contribution >= 0.6 is 34.8 Å². The molecule has 0 radical (unpaired) electrons. The third kappa shape index (κ3) is 4.93. The van der Waals surface area contributed by atoms with Gasteiger partial charge in [0.15, 0.2) is 3.79 Å². The minimum Gasteiger partial charge on any atom is -0.204 e. The van der Waals surface area contributed by atoms with E-state index < -0.39 is 22.6 Å². The Morgan fingerprint density at radius 1 is 1.09 bits per heavy atom. The summed E-state index contributed by atoms with van der Waals surface area (Å²) >= 11 is 14.6. The summed E-state index contributed by atoms with van der Waals surface area (Å²) in [5.74, 6) is -4.24. The van der Waals surface area contributed by atoms with Crippen LogP contribution in [0.4, 0.5) is 17.6 Å². The van der Waals surface area contributed by atoms with E-state index in [0.717, 1.165) is 0 Å². The molecular formula is C4H3Cl3F4. The summed E-state index contributed by atoms with van der Waals surface area (Å²) in [6.07, 6.45) is -5.29. The highest BCUT2D eigenvalue weighted by atomic mass is 35.6. The smallest absolute Gasteiger partial charge is 0.204 e. The first-order valence-electron chi connectivity index (χ1n) is 2.38. The molecule has 0 atom stereocenters. The summed E-state index contributed by atoms with van der Waals surface area (Å²) in [7, 11) is 0. The van der Waals surface area contributed by atoms with E-state index in [0.29, 0.717) is 0 Å². The van der Waals surface area contributed by atoms with Crippen molar-refractivity contribution in [3.8, 4) is 0 Å². The Hall–Kier alpha value is 0.590. The van der Waals surface area contributed by atoms with Crippen molar-refractivity contribution >= 4 is 34.8 Å². The average molecular weight is 233 g/mol. The van der Waals surface area contributed by atoms with Gasteiger partial charge in [-0.05, 0) is 0 Å². The molecule has 68 valence electrons. The second-order valence-corrected chi connectivity index (χ2v) is 4.37. The molecule has 11 heavy (non-hydrogen) atoms. The zero-order chi connectivity index (χ0) is 9.28. The largest absolute Gasteiger partial charge is 0.311 e. The number of hydrogen-bond donors (Lipinski definition) is 0. The monoisotopic (exact) mass is 232 g/mol. The highest BCUT2D eigenvalue weighted by molar-refractivity contribution is 6.67. The van der Waals surface area contributed by atoms with Gasteiger partial charge in [0.25, 0.3) is 0 Å². The lowest BCUT2D eigenvalue weighted by Gasteiger charge is -2.19. The second kappa shape index (κ2) is 3.54. The molecule has 0 amide bonds. The molecule has 0 N–H and O–H groups in total. The molecule has 0 saturated heterocycles. The lowest BCUT2D eigenvalue weighted by atomic mass is 10.3. The van der Waals surface area contributed by atoms with E-state index in [9.17, 15) is 17.6 Å². The molecule has 0 saturated carbocycles. The van der Waals surface area contributed by atoms with Crippen molar-refractivity contribution in [2.45, 2.75) is 22.6 Å². The van der Waals surface area contributed by atoms with Crippen LogP contribution in [0, 0.1) is 0 Å². The van der Waals surface area contributed by atoms with Crippen molar-refractivity contribution in [1.82, 2.24) is 0 Å². The van der Waals surface area contributed by atoms with Crippen LogP contribution in [0.25, 0.3) is 0 Å². The SMILES string of the molecule is FC(F)C(F)(F)CC(Cl)(Cl)Cl. The van der Waals surface area contributed by atoms with Crippen molar-refractivity contribution in [3.63, 3.8) is 0 Å². The van der Waals surface area contributed by atoms with Gasteiger partial charge in [0.2, 0.25) is 0 Å². The second-order valence-electron chi connectivity index (χ2n) is 1.85. The first-order chi connectivity index (χ1) is 4.65. The molecule has 0 aromatic rings. The van der Waals surface area contributed by atoms with Gasteiger partial charge in [-0.2, -0.15) is 0 Å². The van der Waals surface area contributed by atoms with Gasteiger partial charge in [0, 0.05) is 0 Å². The van der Waals surface area contributed by atoms with Crippen LogP contribution in [-0.4, -0.2) is 16.1 Å². The summed E-state index contributed by atoms with van der Waals surface area (Å²) in [5.41, 5.74) is 0. The standard InChI is InChI=1S/C4H3Cl3F4/c5-4(6,7)1-3(10,11)2(8)9/h2H,1H2. The zero-order valence-corrected chi connectivity index (χ0v) is 7.20. The molecule has 0 aliphatic rings. The summed E-state index contributed by atoms with van der Waals surface area (Å²) in [4.78, 5) is 0. The molecule has 0 bridgehead atoms. The molecule has 0 spiro atoms. The van der Waals surface area contributed by atoms with E-state index in [4.69, 9.17) is 34.8 Å². The van der Waals surface area contributed by atoms with Crippen LogP contribution in [0.1, 0.15) is 6.42 Å². The van der Waals surface area contributed by atoms with Gasteiger partial charge in [-0.15, -0.1) is 0 Å². The molecule has 0 rings (SSSR count). The predicted octanol–water partition coefficient (Wildman–Crippen LogP) is 3.65. The molecule has 0 aliphatic heterocycles. The van der Waals surface area contributed by atoms with Crippen molar-refractivity contribution < 1.29 is 17.6 Å². The molecule has 0 aliphatic carbocycles. The Morgan fingerprint density at radius 2 is 1.45 bits per heavy atom. The maximum absolute atomic E-state index is 12.0. The van der Waals surface area contributed by atoms with Crippen LogP contribution in [-0.2, 0) is 0 Å². The minimum atomic E-state index is -4.24. The van der Waals surface area contributed by atoms with E-state index >= 15 is 0 Å². The molecule has 0 nitrogen and oxygen atoms in total. The first kappa shape index (κ1) is 11.6. The average Bonchev–Trinajstić information content (AvgIpc) is 1.56. The summed E-state index contributed by atoms with van der Waals surface area (Å²) in [6, 6.07) is 0. The van der Waals surface area contributed by atoms with Crippen LogP contribution in [0.3, 0.4) is 0 Å². The van der Waals surface area contributed by atoms with Crippen molar-refractivity contribution in [1.29, 1.82) is 0 Å². The van der Waals surface area contributed by atoms with Gasteiger partial charge in [-0.1, -0.05) is 34.8 Å². The normalized spacial score (nSPS) is 14.2. The van der Waals surface area contributed by atoms with Gasteiger partial charge in [-0.3, -0.25) is 0 Å². The van der Waals surface area contributed by atoms with E-state index in [1.165, 1.54) is 0 Å². The van der Waals surface area contributed by atoms with Crippen molar-refractivity contribution in [3.05, 3.63) is 0 Å². The van der Waals surface area contributed by atoms with E-state index in [-0.39, 0.29) is 0 Å². The van der Waals surface area contributed by atoms with Crippen LogP contribution in [0.5, 0.6) is 0 Å². The molecular weight excluding hydrogens is 230 g/mol. The number of halogens is 7. The lowest BCUT2D eigenvalue weighted by Crippen LogP contribution is -2.31. The van der Waals surface area contributed by atoms with Crippen LogP contribution in [0.15, 0.2) is 0 Å². The number of alkyl halides is 7. The van der Waals surface area contributed by atoms with Gasteiger partial charge < -0.3 is 0 Å². The highest BCUT2D eigenvalue weighted by Crippen LogP contribution is 2.40. The number of rotatable bonds is 2. The Balaban J connectivity index is 4.13. The number of hydrogen-bond acceptors (Lipinski definition) is 0. The Kier molecular flexibility index (Phi) is 3.73. The quantitative estimate of drug-likeness (QED) is 0.504. The van der Waals surface area contributed by atoms with Crippen molar-refractivity contribution in [2.24, 2.45) is 0 Å². The molecule has 0 fully saturated rings. The predicted molar refractivity (Wildman–Crippen MR) is 35.9 cm³/mol. The summed E-state index contributed by atoms with van der Waals surface area (Å²) in [5, 5.41) is 0. The summed E-state index contributed by atoms with van der Waals surface area (Å²) < 4.78 is 44.6. The first-order valence-corrected chi connectivity index (χ1v) is 3.51. The van der Waals surface area contributed by atoms with Gasteiger partial charge in [-0.25, -0.2) is 17.6 Å². The molecule has 0 heterocycles. The van der Waals surface area contributed by atoms with Crippen molar-refractivity contribution in [2.75, 3.05) is 0 Å². The highest BCUT2D eigenvalue weighted by Gasteiger charge is 2.46. The van der Waals surface area contributed by atoms with Gasteiger partial charge in [0.05, 0.1) is 6.42 Å². The lowest BCUT2D eigenvalue weighted by molar-refractivity contribution is -0.131. The van der Waals surface area contributed by atoms with E-state index in [1.807, 2.05) is 0 Å². The van der Waals surface area contributed by atoms with Gasteiger partial charge >= 0.3 is 12.3 Å². The topological polar surface area (TPSA) is 0 Å². The Labute approximate surface area is 75.4 Å². The third-order valence-corrected chi connectivity index (χ3v) is 1.16. The Bertz CT molecular complexity index is 130. The molecule has 0 unspecified atom stereocenters. The van der Waals surface area contributed by atoms with Crippen LogP contribution in [0.2, 0.25) is 0 Å². The zero-order valence-electron chi connectivity index (χ0n) is 4.93. The molecule has 0 aromatic carbocycles. The summed E-state index contributed by atoms with van der Waals surface area (Å²) in [6.45, 7) is 0. The van der Waals surface area contributed by atoms with E-state index in [2.05, 4.69) is 0 Å². The third-order valence-electron chi connectivity index (χ3n) is 0.755. The van der Waals surface area contributed by atoms with E-state index in [1.54, 1.807) is 0 Å². The molecule has 0 aromatic heterocycles. The maximum Gasteiger partial charge on any atom is 0.311 e. The fourth-order valence-electron chi connectivity index (χ4n) is 0.344. The maximum atomic E-state index is 12.0. The fraction of sp³-hybridized carbons (Fsp3) is 1.00. The van der Waals surface area contributed by atoms with Gasteiger partial charge in [0.1, 0.15) is 0 Å².